The van der Waals surface area contributed by atoms with Crippen molar-refractivity contribution in [3.05, 3.63) is 266 Å². The minimum Gasteiger partial charge on any atom is -0.310 e. The number of aromatic nitrogens is 1. The summed E-state index contributed by atoms with van der Waals surface area (Å²) in [5, 5.41) is 5.05. The summed E-state index contributed by atoms with van der Waals surface area (Å²) in [5.41, 5.74) is 21.6. The fourth-order valence-corrected chi connectivity index (χ4v) is 11.3. The molecule has 0 N–H and O–H groups in total. The van der Waals surface area contributed by atoms with Gasteiger partial charge in [-0.25, -0.2) is 0 Å². The fourth-order valence-electron chi connectivity index (χ4n) is 11.3. The second-order valence-corrected chi connectivity index (χ2v) is 18.8. The normalized spacial score (nSPS) is 12.6. The number of benzene rings is 11. The second-order valence-electron chi connectivity index (χ2n) is 18.8. The van der Waals surface area contributed by atoms with Gasteiger partial charge in [0, 0.05) is 38.8 Å². The quantitative estimate of drug-likeness (QED) is 0.148. The van der Waals surface area contributed by atoms with Crippen LogP contribution >= 0.6 is 0 Å². The van der Waals surface area contributed by atoms with Gasteiger partial charge in [-0.15, -0.1) is 0 Å². The van der Waals surface area contributed by atoms with Crippen LogP contribution in [0.1, 0.15) is 25.0 Å². The highest BCUT2D eigenvalue weighted by atomic mass is 15.1. The molecular weight excluding hydrogens is 833 g/mol. The van der Waals surface area contributed by atoms with Crippen LogP contribution in [0.2, 0.25) is 0 Å². The third kappa shape index (κ3) is 6.63. The molecule has 0 amide bonds. The van der Waals surface area contributed by atoms with E-state index in [0.29, 0.717) is 0 Å². The molecule has 1 aliphatic carbocycles. The Morgan fingerprint density at radius 1 is 0.333 bits per heavy atom. The Labute approximate surface area is 403 Å². The number of rotatable bonds is 8. The maximum Gasteiger partial charge on any atom is 0.0546 e. The first-order chi connectivity index (χ1) is 34.0. The fraction of sp³-hybridized carbons (Fsp3) is 0.0448. The van der Waals surface area contributed by atoms with E-state index in [1.807, 2.05) is 0 Å². The van der Waals surface area contributed by atoms with Crippen molar-refractivity contribution in [2.75, 3.05) is 4.90 Å². The molecule has 0 saturated carbocycles. The van der Waals surface area contributed by atoms with Gasteiger partial charge >= 0.3 is 0 Å². The molecule has 0 radical (unpaired) electrons. The zero-order valence-electron chi connectivity index (χ0n) is 38.6. The van der Waals surface area contributed by atoms with Crippen LogP contribution in [0.25, 0.3) is 93.9 Å². The Bertz CT molecular complexity index is 3900. The van der Waals surface area contributed by atoms with Gasteiger partial charge in [0.15, 0.2) is 0 Å². The molecule has 12 aromatic rings. The molecule has 0 aliphatic heterocycles. The molecule has 13 rings (SSSR count). The Balaban J connectivity index is 1.01. The van der Waals surface area contributed by atoms with E-state index >= 15 is 0 Å². The van der Waals surface area contributed by atoms with Crippen molar-refractivity contribution >= 4 is 49.6 Å². The third-order valence-electron chi connectivity index (χ3n) is 14.6. The molecule has 1 heterocycles. The van der Waals surface area contributed by atoms with Crippen LogP contribution in [0.5, 0.6) is 0 Å². The summed E-state index contributed by atoms with van der Waals surface area (Å²) >= 11 is 0. The first-order valence-electron chi connectivity index (χ1n) is 24.0. The number of hydrogen-bond donors (Lipinski definition) is 0. The van der Waals surface area contributed by atoms with Gasteiger partial charge in [-0.1, -0.05) is 208 Å². The second kappa shape index (κ2) is 16.3. The van der Waals surface area contributed by atoms with E-state index < -0.39 is 0 Å². The van der Waals surface area contributed by atoms with E-state index in [-0.39, 0.29) is 5.41 Å². The lowest BCUT2D eigenvalue weighted by Gasteiger charge is -2.30. The predicted molar refractivity (Wildman–Crippen MR) is 292 cm³/mol. The molecule has 0 atom stereocenters. The first-order valence-corrected chi connectivity index (χ1v) is 24.0. The molecule has 2 heteroatoms. The van der Waals surface area contributed by atoms with Gasteiger partial charge in [-0.05, 0) is 133 Å². The van der Waals surface area contributed by atoms with Crippen molar-refractivity contribution in [3.63, 3.8) is 0 Å². The smallest absolute Gasteiger partial charge is 0.0546 e. The summed E-state index contributed by atoms with van der Waals surface area (Å²) in [5.74, 6) is 0. The summed E-state index contributed by atoms with van der Waals surface area (Å²) in [4.78, 5) is 2.47. The predicted octanol–water partition coefficient (Wildman–Crippen LogP) is 18.4. The van der Waals surface area contributed by atoms with Crippen LogP contribution in [0.4, 0.5) is 17.1 Å². The number of hydrogen-bond acceptors (Lipinski definition) is 1. The van der Waals surface area contributed by atoms with Crippen molar-refractivity contribution < 1.29 is 0 Å². The lowest BCUT2D eigenvalue weighted by atomic mass is 9.81. The first kappa shape index (κ1) is 40.5. The largest absolute Gasteiger partial charge is 0.310 e. The highest BCUT2D eigenvalue weighted by molar-refractivity contribution is 6.11. The SMILES string of the molecule is CC1(C)c2cccc(-c3cccc(N(c4ccc(-c5ccc6c(c5)c5ccccc5n6-c5ccccc5)cc4)c4cccc(-c5ccccc5)c4)c3-c3ccccc3)c2-c2c1ccc1ccccc21. The molecular formula is C67H48N2. The van der Waals surface area contributed by atoms with E-state index in [1.165, 1.54) is 99.3 Å². The average molecular weight is 881 g/mol. The standard InChI is InChI=1S/C67H48N2/c1-67(2)59-32-17-30-57(66(59)65-54-28-13-12-21-47(54)37-41-60(65)67)56-31-18-34-63(64(56)48-22-8-4-9-23-48)68(53-27-16-24-49(43-53)45-19-6-3-7-20-45)52-39-35-46(36-40-52)50-38-42-62-58(44-50)55-29-14-15-33-61(55)69(62)51-25-10-5-11-26-51/h3-44H,1-2H3. The van der Waals surface area contributed by atoms with Crippen molar-refractivity contribution in [1.82, 2.24) is 4.57 Å². The van der Waals surface area contributed by atoms with E-state index in [4.69, 9.17) is 0 Å². The minimum absolute atomic E-state index is 0.162. The van der Waals surface area contributed by atoms with Crippen molar-refractivity contribution in [2.24, 2.45) is 0 Å². The summed E-state index contributed by atoms with van der Waals surface area (Å²) in [7, 11) is 0. The molecule has 0 spiro atoms. The highest BCUT2D eigenvalue weighted by Gasteiger charge is 2.38. The number of nitrogens with zero attached hydrogens (tertiary/aromatic N) is 2. The van der Waals surface area contributed by atoms with Gasteiger partial charge in [-0.2, -0.15) is 0 Å². The van der Waals surface area contributed by atoms with Crippen LogP contribution in [0.15, 0.2) is 255 Å². The lowest BCUT2D eigenvalue weighted by Crippen LogP contribution is -2.14. The van der Waals surface area contributed by atoms with E-state index in [0.717, 1.165) is 22.7 Å². The third-order valence-corrected chi connectivity index (χ3v) is 14.6. The van der Waals surface area contributed by atoms with Crippen molar-refractivity contribution in [3.8, 4) is 61.3 Å². The summed E-state index contributed by atoms with van der Waals surface area (Å²) < 4.78 is 2.38. The molecule has 0 saturated heterocycles. The van der Waals surface area contributed by atoms with Gasteiger partial charge in [0.2, 0.25) is 0 Å². The topological polar surface area (TPSA) is 8.17 Å². The van der Waals surface area contributed by atoms with E-state index in [1.54, 1.807) is 0 Å². The van der Waals surface area contributed by atoms with Gasteiger partial charge in [0.25, 0.3) is 0 Å². The highest BCUT2D eigenvalue weighted by Crippen LogP contribution is 2.56. The van der Waals surface area contributed by atoms with Crippen molar-refractivity contribution in [1.29, 1.82) is 0 Å². The molecule has 2 nitrogen and oxygen atoms in total. The number of fused-ring (bicyclic) bond motifs is 8. The Kier molecular flexibility index (Phi) is 9.55. The maximum atomic E-state index is 2.47. The van der Waals surface area contributed by atoms with Crippen LogP contribution in [-0.4, -0.2) is 4.57 Å². The Morgan fingerprint density at radius 2 is 0.899 bits per heavy atom. The van der Waals surface area contributed by atoms with Crippen LogP contribution in [0.3, 0.4) is 0 Å². The van der Waals surface area contributed by atoms with Crippen molar-refractivity contribution in [2.45, 2.75) is 19.3 Å². The van der Waals surface area contributed by atoms with Gasteiger partial charge in [0.05, 0.1) is 16.7 Å². The molecule has 326 valence electrons. The van der Waals surface area contributed by atoms with Crippen LogP contribution in [-0.2, 0) is 5.41 Å². The zero-order chi connectivity index (χ0) is 46.1. The van der Waals surface area contributed by atoms with E-state index in [9.17, 15) is 0 Å². The maximum absolute atomic E-state index is 2.47. The molecule has 1 aliphatic rings. The number of para-hydroxylation sites is 2. The molecule has 0 fully saturated rings. The zero-order valence-corrected chi connectivity index (χ0v) is 38.6. The van der Waals surface area contributed by atoms with Crippen LogP contribution in [0, 0.1) is 0 Å². The van der Waals surface area contributed by atoms with Gasteiger partial charge in [0.1, 0.15) is 0 Å². The minimum atomic E-state index is -0.162. The van der Waals surface area contributed by atoms with Gasteiger partial charge < -0.3 is 9.47 Å². The van der Waals surface area contributed by atoms with E-state index in [2.05, 4.69) is 278 Å². The van der Waals surface area contributed by atoms with Gasteiger partial charge in [-0.3, -0.25) is 0 Å². The molecule has 0 unspecified atom stereocenters. The summed E-state index contributed by atoms with van der Waals surface area (Å²) in [6.07, 6.45) is 0. The lowest BCUT2D eigenvalue weighted by molar-refractivity contribution is 0.661. The molecule has 1 aromatic heterocycles. The average Bonchev–Trinajstić information content (AvgIpc) is 3.87. The van der Waals surface area contributed by atoms with Crippen LogP contribution < -0.4 is 4.90 Å². The number of anilines is 3. The summed E-state index contributed by atoms with van der Waals surface area (Å²) in [6.45, 7) is 4.77. The Morgan fingerprint density at radius 3 is 1.68 bits per heavy atom. The monoisotopic (exact) mass is 880 g/mol. The Hall–Kier alpha value is -8.72. The summed E-state index contributed by atoms with van der Waals surface area (Å²) in [6, 6.07) is 93.6. The molecule has 69 heavy (non-hydrogen) atoms. The molecule has 0 bridgehead atoms. The molecule has 11 aromatic carbocycles.